The average molecular weight is 277 g/mol. The highest BCUT2D eigenvalue weighted by Gasteiger charge is 2.33. The number of ether oxygens (including phenoxy) is 1. The van der Waals surface area contributed by atoms with Crippen molar-refractivity contribution in [2.45, 2.75) is 44.8 Å². The van der Waals surface area contributed by atoms with Gasteiger partial charge in [-0.3, -0.25) is 0 Å². The number of aliphatic hydroxyl groups excluding tert-OH is 1. The van der Waals surface area contributed by atoms with E-state index in [2.05, 4.69) is 31.1 Å². The highest BCUT2D eigenvalue weighted by atomic mass is 16.5. The van der Waals surface area contributed by atoms with Crippen LogP contribution in [0.4, 0.5) is 0 Å². The van der Waals surface area contributed by atoms with Gasteiger partial charge in [0, 0.05) is 12.0 Å². The summed E-state index contributed by atoms with van der Waals surface area (Å²) in [6.07, 6.45) is 4.21. The maximum Gasteiger partial charge on any atom is 0.119 e. The topological polar surface area (TPSA) is 32.7 Å². The highest BCUT2D eigenvalue weighted by molar-refractivity contribution is 5.31. The zero-order chi connectivity index (χ0) is 14.5. The Labute approximate surface area is 122 Å². The van der Waals surface area contributed by atoms with Crippen molar-refractivity contribution in [1.29, 1.82) is 0 Å². The molecule has 1 aliphatic carbocycles. The van der Waals surface area contributed by atoms with Crippen molar-refractivity contribution in [3.05, 3.63) is 29.8 Å². The molecule has 0 bridgehead atoms. The molecule has 3 atom stereocenters. The van der Waals surface area contributed by atoms with E-state index in [-0.39, 0.29) is 12.1 Å². The van der Waals surface area contributed by atoms with E-state index in [1.807, 2.05) is 19.1 Å². The van der Waals surface area contributed by atoms with Gasteiger partial charge in [-0.25, -0.2) is 0 Å². The van der Waals surface area contributed by atoms with E-state index < -0.39 is 0 Å². The van der Waals surface area contributed by atoms with Gasteiger partial charge in [-0.05, 0) is 51.6 Å². The van der Waals surface area contributed by atoms with Crippen LogP contribution in [0, 0.1) is 5.92 Å². The zero-order valence-electron chi connectivity index (χ0n) is 12.9. The summed E-state index contributed by atoms with van der Waals surface area (Å²) in [5.74, 6) is 1.23. The fourth-order valence-electron chi connectivity index (χ4n) is 3.39. The second-order valence-corrected chi connectivity index (χ2v) is 5.93. The lowest BCUT2D eigenvalue weighted by atomic mass is 9.78. The molecule has 1 aromatic carbocycles. The van der Waals surface area contributed by atoms with Crippen LogP contribution < -0.4 is 4.74 Å². The molecule has 3 nitrogen and oxygen atoms in total. The largest absolute Gasteiger partial charge is 0.494 e. The van der Waals surface area contributed by atoms with Crippen LogP contribution in [0.1, 0.15) is 44.2 Å². The van der Waals surface area contributed by atoms with Gasteiger partial charge in [0.25, 0.3) is 0 Å². The molecule has 1 unspecified atom stereocenters. The third-order valence-corrected chi connectivity index (χ3v) is 4.25. The zero-order valence-corrected chi connectivity index (χ0v) is 12.9. The van der Waals surface area contributed by atoms with Gasteiger partial charge < -0.3 is 14.7 Å². The van der Waals surface area contributed by atoms with Crippen LogP contribution >= 0.6 is 0 Å². The van der Waals surface area contributed by atoms with E-state index >= 15 is 0 Å². The number of hydrogen-bond donors (Lipinski definition) is 1. The number of rotatable bonds is 5. The van der Waals surface area contributed by atoms with Crippen molar-refractivity contribution >= 4 is 0 Å². The molecule has 1 aliphatic rings. The van der Waals surface area contributed by atoms with Gasteiger partial charge in [0.2, 0.25) is 0 Å². The molecular weight excluding hydrogens is 250 g/mol. The van der Waals surface area contributed by atoms with Crippen LogP contribution in [0.3, 0.4) is 0 Å². The highest BCUT2D eigenvalue weighted by Crippen LogP contribution is 2.38. The van der Waals surface area contributed by atoms with Crippen molar-refractivity contribution in [3.63, 3.8) is 0 Å². The molecule has 112 valence electrons. The van der Waals surface area contributed by atoms with Crippen LogP contribution in [0.2, 0.25) is 0 Å². The number of nitrogens with zero attached hydrogens (tertiary/aromatic N) is 1. The van der Waals surface area contributed by atoms with Crippen molar-refractivity contribution in [1.82, 2.24) is 4.90 Å². The first-order valence-corrected chi connectivity index (χ1v) is 7.70. The van der Waals surface area contributed by atoms with Gasteiger partial charge in [-0.1, -0.05) is 25.0 Å². The summed E-state index contributed by atoms with van der Waals surface area (Å²) in [4.78, 5) is 2.23. The predicted molar refractivity (Wildman–Crippen MR) is 82.0 cm³/mol. The van der Waals surface area contributed by atoms with Gasteiger partial charge in [-0.15, -0.1) is 0 Å². The first-order valence-electron chi connectivity index (χ1n) is 7.70. The molecule has 1 saturated carbocycles. The van der Waals surface area contributed by atoms with Crippen molar-refractivity contribution in [3.8, 4) is 5.75 Å². The number of hydrogen-bond acceptors (Lipinski definition) is 3. The molecule has 0 saturated heterocycles. The monoisotopic (exact) mass is 277 g/mol. The SMILES string of the molecule is CCOc1cccc(C([C@H]2CCCC[C@H]2O)N(C)C)c1. The predicted octanol–water partition coefficient (Wildman–Crippen LogP) is 3.24. The summed E-state index contributed by atoms with van der Waals surface area (Å²) in [6.45, 7) is 2.68. The molecule has 0 heterocycles. The summed E-state index contributed by atoms with van der Waals surface area (Å²) in [5, 5.41) is 10.4. The van der Waals surface area contributed by atoms with Gasteiger partial charge >= 0.3 is 0 Å². The normalized spacial score (nSPS) is 24.6. The van der Waals surface area contributed by atoms with Crippen LogP contribution in [-0.4, -0.2) is 36.8 Å². The second-order valence-electron chi connectivity index (χ2n) is 5.93. The van der Waals surface area contributed by atoms with Crippen LogP contribution in [0.15, 0.2) is 24.3 Å². The average Bonchev–Trinajstić information content (AvgIpc) is 2.42. The lowest BCUT2D eigenvalue weighted by Gasteiger charge is -2.38. The van der Waals surface area contributed by atoms with Crippen LogP contribution in [0.5, 0.6) is 5.75 Å². The molecule has 1 N–H and O–H groups in total. The molecule has 0 radical (unpaired) electrons. The Morgan fingerprint density at radius 1 is 1.30 bits per heavy atom. The Bertz CT molecular complexity index is 419. The van der Waals surface area contributed by atoms with E-state index in [0.717, 1.165) is 25.0 Å². The summed E-state index contributed by atoms with van der Waals surface area (Å²) in [5.41, 5.74) is 1.24. The molecule has 1 fully saturated rings. The van der Waals surface area contributed by atoms with E-state index in [1.165, 1.54) is 12.0 Å². The van der Waals surface area contributed by atoms with Gasteiger partial charge in [-0.2, -0.15) is 0 Å². The standard InChI is InChI=1S/C17H27NO2/c1-4-20-14-9-7-8-13(12-14)17(18(2)3)15-10-5-6-11-16(15)19/h7-9,12,15-17,19H,4-6,10-11H2,1-3H3/t15-,16+,17?/m0/s1. The minimum Gasteiger partial charge on any atom is -0.494 e. The fourth-order valence-corrected chi connectivity index (χ4v) is 3.39. The van der Waals surface area contributed by atoms with Crippen molar-refractivity contribution in [2.24, 2.45) is 5.92 Å². The van der Waals surface area contributed by atoms with Crippen molar-refractivity contribution in [2.75, 3.05) is 20.7 Å². The molecule has 0 amide bonds. The maximum absolute atomic E-state index is 10.4. The van der Waals surface area contributed by atoms with Gasteiger partial charge in [0.05, 0.1) is 12.7 Å². The molecule has 3 heteroatoms. The first-order chi connectivity index (χ1) is 9.63. The lowest BCUT2D eigenvalue weighted by molar-refractivity contribution is 0.0220. The second kappa shape index (κ2) is 7.09. The summed E-state index contributed by atoms with van der Waals surface area (Å²) in [7, 11) is 4.19. The smallest absolute Gasteiger partial charge is 0.119 e. The Balaban J connectivity index is 2.25. The minimum atomic E-state index is -0.188. The fraction of sp³-hybridized carbons (Fsp3) is 0.647. The Morgan fingerprint density at radius 2 is 2.05 bits per heavy atom. The summed E-state index contributed by atoms with van der Waals surface area (Å²) < 4.78 is 5.61. The molecule has 2 rings (SSSR count). The molecule has 0 aliphatic heterocycles. The lowest BCUT2D eigenvalue weighted by Crippen LogP contribution is -2.36. The minimum absolute atomic E-state index is 0.188. The molecule has 20 heavy (non-hydrogen) atoms. The maximum atomic E-state index is 10.4. The number of aliphatic hydroxyl groups is 1. The summed E-state index contributed by atoms with van der Waals surface area (Å²) in [6, 6.07) is 8.57. The molecule has 0 aromatic heterocycles. The Hall–Kier alpha value is -1.06. The quantitative estimate of drug-likeness (QED) is 0.897. The van der Waals surface area contributed by atoms with E-state index in [1.54, 1.807) is 0 Å². The molecular formula is C17H27NO2. The third-order valence-electron chi connectivity index (χ3n) is 4.25. The van der Waals surface area contributed by atoms with E-state index in [4.69, 9.17) is 4.74 Å². The van der Waals surface area contributed by atoms with Gasteiger partial charge in [0.15, 0.2) is 0 Å². The first kappa shape index (κ1) is 15.3. The van der Waals surface area contributed by atoms with E-state index in [9.17, 15) is 5.11 Å². The molecule has 1 aromatic rings. The number of benzene rings is 1. The molecule has 0 spiro atoms. The Kier molecular flexibility index (Phi) is 5.44. The summed E-state index contributed by atoms with van der Waals surface area (Å²) >= 11 is 0. The van der Waals surface area contributed by atoms with Crippen LogP contribution in [0.25, 0.3) is 0 Å². The van der Waals surface area contributed by atoms with E-state index in [0.29, 0.717) is 12.5 Å². The third kappa shape index (κ3) is 3.53. The van der Waals surface area contributed by atoms with Crippen LogP contribution in [-0.2, 0) is 0 Å². The Morgan fingerprint density at radius 3 is 2.70 bits per heavy atom. The van der Waals surface area contributed by atoms with Gasteiger partial charge in [0.1, 0.15) is 5.75 Å². The van der Waals surface area contributed by atoms with Crippen molar-refractivity contribution < 1.29 is 9.84 Å².